The lowest BCUT2D eigenvalue weighted by Gasteiger charge is -2.11. The van der Waals surface area contributed by atoms with Crippen LogP contribution in [-0.4, -0.2) is 16.5 Å². The van der Waals surface area contributed by atoms with E-state index < -0.39 is 11.9 Å². The van der Waals surface area contributed by atoms with Gasteiger partial charge in [-0.1, -0.05) is 17.7 Å². The SMILES string of the molecule is Cc1cc(/C=C2/NC(=O)N(c3ccc(Cl)cc3)C2=O)c(C)n1-c1cccc(I)c1. The Labute approximate surface area is 187 Å². The largest absolute Gasteiger partial charge is 0.333 e. The van der Waals surface area contributed by atoms with Gasteiger partial charge in [0.05, 0.1) is 5.69 Å². The van der Waals surface area contributed by atoms with Crippen LogP contribution in [0.3, 0.4) is 0 Å². The van der Waals surface area contributed by atoms with Gasteiger partial charge in [-0.05, 0) is 96.6 Å². The van der Waals surface area contributed by atoms with Gasteiger partial charge in [-0.3, -0.25) is 4.79 Å². The van der Waals surface area contributed by atoms with Gasteiger partial charge in [0, 0.05) is 25.7 Å². The lowest BCUT2D eigenvalue weighted by Crippen LogP contribution is -2.30. The summed E-state index contributed by atoms with van der Waals surface area (Å²) in [6, 6.07) is 16.3. The fourth-order valence-corrected chi connectivity index (χ4v) is 4.11. The van der Waals surface area contributed by atoms with Gasteiger partial charge in [-0.2, -0.15) is 0 Å². The molecule has 7 heteroatoms. The van der Waals surface area contributed by atoms with E-state index in [4.69, 9.17) is 11.6 Å². The molecule has 1 aliphatic rings. The first-order valence-corrected chi connectivity index (χ1v) is 10.4. The zero-order chi connectivity index (χ0) is 20.7. The van der Waals surface area contributed by atoms with Crippen molar-refractivity contribution >= 4 is 57.9 Å². The van der Waals surface area contributed by atoms with Crippen molar-refractivity contribution < 1.29 is 9.59 Å². The summed E-state index contributed by atoms with van der Waals surface area (Å²) in [5, 5.41) is 3.22. The van der Waals surface area contributed by atoms with Crippen molar-refractivity contribution in [3.8, 4) is 5.69 Å². The van der Waals surface area contributed by atoms with E-state index in [-0.39, 0.29) is 5.70 Å². The van der Waals surface area contributed by atoms with Crippen molar-refractivity contribution in [3.05, 3.63) is 85.8 Å². The smallest absolute Gasteiger partial charge is 0.318 e. The van der Waals surface area contributed by atoms with Gasteiger partial charge < -0.3 is 9.88 Å². The first-order chi connectivity index (χ1) is 13.8. The molecule has 0 unspecified atom stereocenters. The Morgan fingerprint density at radius 1 is 1.00 bits per heavy atom. The van der Waals surface area contributed by atoms with Crippen molar-refractivity contribution in [2.24, 2.45) is 0 Å². The molecule has 3 aromatic rings. The average Bonchev–Trinajstić information content (AvgIpc) is 3.11. The van der Waals surface area contributed by atoms with Crippen LogP contribution in [0.1, 0.15) is 17.0 Å². The number of carbonyl (C=O) groups is 2. The Morgan fingerprint density at radius 3 is 2.41 bits per heavy atom. The molecule has 2 heterocycles. The highest BCUT2D eigenvalue weighted by molar-refractivity contribution is 14.1. The second kappa shape index (κ2) is 7.68. The Morgan fingerprint density at radius 2 is 1.72 bits per heavy atom. The summed E-state index contributed by atoms with van der Waals surface area (Å²) in [6.45, 7) is 4.02. The van der Waals surface area contributed by atoms with E-state index in [0.29, 0.717) is 10.7 Å². The Bertz CT molecular complexity index is 1170. The third kappa shape index (κ3) is 3.70. The normalized spacial score (nSPS) is 15.3. The summed E-state index contributed by atoms with van der Waals surface area (Å²) in [5.74, 6) is -0.392. The number of benzene rings is 2. The third-order valence-corrected chi connectivity index (χ3v) is 5.72. The van der Waals surface area contributed by atoms with E-state index in [1.54, 1.807) is 30.3 Å². The van der Waals surface area contributed by atoms with E-state index in [1.807, 2.05) is 38.1 Å². The molecule has 0 aliphatic carbocycles. The quantitative estimate of drug-likeness (QED) is 0.285. The molecule has 1 aliphatic heterocycles. The number of imide groups is 1. The number of hydrogen-bond acceptors (Lipinski definition) is 2. The number of halogens is 2. The predicted molar refractivity (Wildman–Crippen MR) is 123 cm³/mol. The van der Waals surface area contributed by atoms with Gasteiger partial charge in [-0.15, -0.1) is 0 Å². The standard InChI is InChI=1S/C22H17ClIN3O2/c1-13-10-15(14(2)26(13)19-5-3-4-17(24)12-19)11-20-21(28)27(22(29)25-20)18-8-6-16(23)7-9-18/h3-12H,1-2H3,(H,25,29)/b20-11+. The van der Waals surface area contributed by atoms with Crippen molar-refractivity contribution in [2.75, 3.05) is 4.90 Å². The van der Waals surface area contributed by atoms with Crippen molar-refractivity contribution in [1.82, 2.24) is 9.88 Å². The van der Waals surface area contributed by atoms with Crippen LogP contribution in [-0.2, 0) is 4.79 Å². The number of amides is 3. The predicted octanol–water partition coefficient (Wildman–Crippen LogP) is 5.45. The maximum atomic E-state index is 12.9. The van der Waals surface area contributed by atoms with E-state index in [1.165, 1.54) is 0 Å². The number of urea groups is 1. The maximum absolute atomic E-state index is 12.9. The van der Waals surface area contributed by atoms with Gasteiger partial charge in [0.25, 0.3) is 5.91 Å². The van der Waals surface area contributed by atoms with E-state index >= 15 is 0 Å². The van der Waals surface area contributed by atoms with Gasteiger partial charge >= 0.3 is 6.03 Å². The Kier molecular flexibility index (Phi) is 5.23. The van der Waals surface area contributed by atoms with Gasteiger partial charge in [0.2, 0.25) is 0 Å². The fraction of sp³-hybridized carbons (Fsp3) is 0.0909. The molecule has 4 rings (SSSR count). The van der Waals surface area contributed by atoms with Crippen LogP contribution in [0.25, 0.3) is 11.8 Å². The number of aromatic nitrogens is 1. The third-order valence-electron chi connectivity index (χ3n) is 4.80. The molecule has 1 aromatic heterocycles. The van der Waals surface area contributed by atoms with Crippen molar-refractivity contribution in [2.45, 2.75) is 13.8 Å². The van der Waals surface area contributed by atoms with E-state index in [2.05, 4.69) is 38.5 Å². The number of hydrogen-bond donors (Lipinski definition) is 1. The minimum atomic E-state index is -0.477. The zero-order valence-corrected chi connectivity index (χ0v) is 18.7. The molecule has 0 saturated carbocycles. The van der Waals surface area contributed by atoms with Gasteiger partial charge in [0.1, 0.15) is 5.70 Å². The monoisotopic (exact) mass is 517 g/mol. The average molecular weight is 518 g/mol. The number of anilines is 1. The van der Waals surface area contributed by atoms with Crippen molar-refractivity contribution in [3.63, 3.8) is 0 Å². The molecule has 0 atom stereocenters. The Hall–Kier alpha value is -2.58. The fourth-order valence-electron chi connectivity index (χ4n) is 3.46. The highest BCUT2D eigenvalue weighted by Gasteiger charge is 2.35. The molecule has 1 fully saturated rings. The second-order valence-electron chi connectivity index (χ2n) is 6.75. The highest BCUT2D eigenvalue weighted by Crippen LogP contribution is 2.27. The molecule has 0 radical (unpaired) electrons. The topological polar surface area (TPSA) is 54.3 Å². The van der Waals surface area contributed by atoms with Gasteiger partial charge in [-0.25, -0.2) is 9.69 Å². The van der Waals surface area contributed by atoms with Crippen LogP contribution in [0.5, 0.6) is 0 Å². The number of nitrogens with zero attached hydrogens (tertiary/aromatic N) is 2. The molecule has 146 valence electrons. The summed E-state index contributed by atoms with van der Waals surface area (Å²) in [5.41, 5.74) is 4.69. The lowest BCUT2D eigenvalue weighted by molar-refractivity contribution is -0.113. The number of carbonyl (C=O) groups excluding carboxylic acids is 2. The Balaban J connectivity index is 1.70. The van der Waals surface area contributed by atoms with E-state index in [0.717, 1.165) is 31.1 Å². The summed E-state index contributed by atoms with van der Waals surface area (Å²) >= 11 is 8.19. The highest BCUT2D eigenvalue weighted by atomic mass is 127. The van der Waals surface area contributed by atoms with Gasteiger partial charge in [0.15, 0.2) is 0 Å². The van der Waals surface area contributed by atoms with Crippen molar-refractivity contribution in [1.29, 1.82) is 0 Å². The minimum Gasteiger partial charge on any atom is -0.318 e. The summed E-state index contributed by atoms with van der Waals surface area (Å²) in [6.07, 6.45) is 1.73. The van der Waals surface area contributed by atoms with Crippen LogP contribution in [0.4, 0.5) is 10.5 Å². The van der Waals surface area contributed by atoms with Crippen LogP contribution < -0.4 is 10.2 Å². The first kappa shape index (κ1) is 19.7. The second-order valence-corrected chi connectivity index (χ2v) is 8.43. The molecular formula is C22H17ClIN3O2. The molecule has 1 N–H and O–H groups in total. The molecule has 1 saturated heterocycles. The number of rotatable bonds is 3. The summed E-state index contributed by atoms with van der Waals surface area (Å²) < 4.78 is 3.27. The number of aryl methyl sites for hydroxylation is 1. The van der Waals surface area contributed by atoms with Crippen LogP contribution in [0.2, 0.25) is 5.02 Å². The zero-order valence-electron chi connectivity index (χ0n) is 15.7. The van der Waals surface area contributed by atoms with E-state index in [9.17, 15) is 9.59 Å². The molecule has 0 spiro atoms. The van der Waals surface area contributed by atoms with Crippen LogP contribution in [0, 0.1) is 17.4 Å². The summed E-state index contributed by atoms with van der Waals surface area (Å²) in [7, 11) is 0. The molecule has 0 bridgehead atoms. The van der Waals surface area contributed by atoms with Crippen LogP contribution in [0.15, 0.2) is 60.3 Å². The molecule has 5 nitrogen and oxygen atoms in total. The maximum Gasteiger partial charge on any atom is 0.333 e. The number of nitrogens with one attached hydrogen (secondary N) is 1. The van der Waals surface area contributed by atoms with Crippen LogP contribution >= 0.6 is 34.2 Å². The molecule has 2 aromatic carbocycles. The molecule has 29 heavy (non-hydrogen) atoms. The first-order valence-electron chi connectivity index (χ1n) is 8.93. The molecular weight excluding hydrogens is 501 g/mol. The molecule has 3 amide bonds. The minimum absolute atomic E-state index is 0.243. The lowest BCUT2D eigenvalue weighted by atomic mass is 10.2. The summed E-state index contributed by atoms with van der Waals surface area (Å²) in [4.78, 5) is 26.4.